The summed E-state index contributed by atoms with van der Waals surface area (Å²) < 4.78 is 22.8. The van der Waals surface area contributed by atoms with E-state index in [9.17, 15) is 0 Å². The molecule has 0 radical (unpaired) electrons. The average molecular weight is 325 g/mol. The van der Waals surface area contributed by atoms with Crippen LogP contribution in [0.4, 0.5) is 0 Å². The van der Waals surface area contributed by atoms with Gasteiger partial charge in [0, 0.05) is 13.7 Å². The molecule has 0 rings (SSSR count). The van der Waals surface area contributed by atoms with Gasteiger partial charge in [-0.1, -0.05) is 0 Å². The number of ether oxygens (including phenoxy) is 2. The van der Waals surface area contributed by atoms with E-state index in [0.717, 1.165) is 19.1 Å². The van der Waals surface area contributed by atoms with Gasteiger partial charge in [0.25, 0.3) is 0 Å². The van der Waals surface area contributed by atoms with Gasteiger partial charge in [-0.3, -0.25) is 0 Å². The van der Waals surface area contributed by atoms with Gasteiger partial charge in [-0.05, 0) is 58.3 Å². The third kappa shape index (κ3) is 12.0. The van der Waals surface area contributed by atoms with Gasteiger partial charge in [-0.2, -0.15) is 0 Å². The minimum Gasteiger partial charge on any atom is -0.437 e. The zero-order valence-electron chi connectivity index (χ0n) is 14.0. The van der Waals surface area contributed by atoms with E-state index in [1.165, 1.54) is 0 Å². The largest absolute Gasteiger partial charge is 0.437 e. The van der Waals surface area contributed by atoms with Crippen molar-refractivity contribution in [1.82, 2.24) is 0 Å². The van der Waals surface area contributed by atoms with Crippen LogP contribution in [0.2, 0.25) is 51.9 Å². The third-order valence-electron chi connectivity index (χ3n) is 2.34. The normalized spacial score (nSPS) is 13.9. The van der Waals surface area contributed by atoms with Gasteiger partial charge in [-0.15, -0.1) is 0 Å². The maximum atomic E-state index is 6.41. The number of methoxy groups -OCH3 is 1. The number of hydrogen-bond acceptors (Lipinski definition) is 4. The summed E-state index contributed by atoms with van der Waals surface area (Å²) in [5.74, 6) is 0. The van der Waals surface area contributed by atoms with Crippen molar-refractivity contribution in [1.29, 1.82) is 0 Å². The number of rotatable bonds is 10. The predicted molar refractivity (Wildman–Crippen MR) is 87.7 cm³/mol. The standard InChI is InChI=1S/C12H32O4Si3/c1-13-12-14-10-9-11-18(5,6)16-19(7,8)15-17(2,3)4/h9-12H2,1-8H3. The molecule has 116 valence electrons. The molecule has 0 spiro atoms. The fourth-order valence-electron chi connectivity index (χ4n) is 2.22. The average Bonchev–Trinajstić information content (AvgIpc) is 2.10. The van der Waals surface area contributed by atoms with Crippen LogP contribution in [0, 0.1) is 0 Å². The Morgan fingerprint density at radius 3 is 1.89 bits per heavy atom. The minimum absolute atomic E-state index is 0.377. The lowest BCUT2D eigenvalue weighted by Crippen LogP contribution is -2.51. The van der Waals surface area contributed by atoms with E-state index in [1.807, 2.05) is 0 Å². The van der Waals surface area contributed by atoms with E-state index in [4.69, 9.17) is 17.7 Å². The van der Waals surface area contributed by atoms with Crippen LogP contribution in [0.25, 0.3) is 0 Å². The fraction of sp³-hybridized carbons (Fsp3) is 1.00. The van der Waals surface area contributed by atoms with Crippen molar-refractivity contribution >= 4 is 25.2 Å². The molecule has 0 N–H and O–H groups in total. The maximum absolute atomic E-state index is 6.41. The molecule has 0 aromatic rings. The molecular weight excluding hydrogens is 292 g/mol. The Kier molecular flexibility index (Phi) is 8.27. The van der Waals surface area contributed by atoms with Crippen molar-refractivity contribution in [3.63, 3.8) is 0 Å². The van der Waals surface area contributed by atoms with E-state index in [0.29, 0.717) is 6.79 Å². The second-order valence-electron chi connectivity index (χ2n) is 6.89. The highest BCUT2D eigenvalue weighted by Gasteiger charge is 2.37. The lowest BCUT2D eigenvalue weighted by Gasteiger charge is -2.37. The van der Waals surface area contributed by atoms with E-state index in [1.54, 1.807) is 7.11 Å². The molecular formula is C12H32O4Si3. The van der Waals surface area contributed by atoms with Crippen LogP contribution in [-0.4, -0.2) is 45.7 Å². The molecule has 0 amide bonds. The lowest BCUT2D eigenvalue weighted by atomic mass is 10.5. The topological polar surface area (TPSA) is 36.9 Å². The highest BCUT2D eigenvalue weighted by atomic mass is 28.5. The Balaban J connectivity index is 4.12. The van der Waals surface area contributed by atoms with E-state index < -0.39 is 25.2 Å². The maximum Gasteiger partial charge on any atom is 0.311 e. The van der Waals surface area contributed by atoms with Gasteiger partial charge >= 0.3 is 8.56 Å². The van der Waals surface area contributed by atoms with Crippen molar-refractivity contribution in [2.24, 2.45) is 0 Å². The number of hydrogen-bond donors (Lipinski definition) is 0. The van der Waals surface area contributed by atoms with Gasteiger partial charge in [-0.25, -0.2) is 0 Å². The van der Waals surface area contributed by atoms with Crippen LogP contribution in [0.1, 0.15) is 6.42 Å². The highest BCUT2D eigenvalue weighted by Crippen LogP contribution is 2.23. The third-order valence-corrected chi connectivity index (χ3v) is 12.5. The lowest BCUT2D eigenvalue weighted by molar-refractivity contribution is -0.0302. The molecule has 0 heterocycles. The zero-order valence-corrected chi connectivity index (χ0v) is 17.0. The highest BCUT2D eigenvalue weighted by molar-refractivity contribution is 6.87. The summed E-state index contributed by atoms with van der Waals surface area (Å²) in [6, 6.07) is 1.10. The van der Waals surface area contributed by atoms with Gasteiger partial charge in [0.05, 0.1) is 0 Å². The quantitative estimate of drug-likeness (QED) is 0.348. The first-order chi connectivity index (χ1) is 8.47. The minimum atomic E-state index is -1.99. The molecule has 0 unspecified atom stereocenters. The van der Waals surface area contributed by atoms with Gasteiger partial charge in [0.15, 0.2) is 16.6 Å². The fourth-order valence-corrected chi connectivity index (χ4v) is 15.4. The monoisotopic (exact) mass is 324 g/mol. The molecule has 0 saturated heterocycles. The van der Waals surface area contributed by atoms with Crippen LogP contribution >= 0.6 is 0 Å². The molecule has 0 fully saturated rings. The summed E-state index contributed by atoms with van der Waals surface area (Å²) in [5.41, 5.74) is 0. The summed E-state index contributed by atoms with van der Waals surface area (Å²) in [6.45, 7) is 16.7. The van der Waals surface area contributed by atoms with Crippen LogP contribution in [-0.2, 0) is 17.7 Å². The van der Waals surface area contributed by atoms with E-state index in [2.05, 4.69) is 45.8 Å². The molecule has 19 heavy (non-hydrogen) atoms. The summed E-state index contributed by atoms with van der Waals surface area (Å²) in [5, 5.41) is 0. The summed E-state index contributed by atoms with van der Waals surface area (Å²) in [7, 11) is -3.53. The second-order valence-corrected chi connectivity index (χ2v) is 19.6. The van der Waals surface area contributed by atoms with Crippen LogP contribution in [0.15, 0.2) is 0 Å². The predicted octanol–water partition coefficient (Wildman–Crippen LogP) is 3.77. The van der Waals surface area contributed by atoms with Crippen molar-refractivity contribution in [3.05, 3.63) is 0 Å². The summed E-state index contributed by atoms with van der Waals surface area (Å²) in [6.07, 6.45) is 1.03. The molecule has 0 aliphatic rings. The Morgan fingerprint density at radius 2 is 1.42 bits per heavy atom. The smallest absolute Gasteiger partial charge is 0.311 e. The Hall–Kier alpha value is 0.491. The van der Waals surface area contributed by atoms with Crippen molar-refractivity contribution < 1.29 is 17.7 Å². The Morgan fingerprint density at radius 1 is 0.842 bits per heavy atom. The first-order valence-corrected chi connectivity index (χ1v) is 16.3. The van der Waals surface area contributed by atoms with E-state index in [-0.39, 0.29) is 0 Å². The molecule has 0 aromatic heterocycles. The van der Waals surface area contributed by atoms with Crippen molar-refractivity contribution in [2.45, 2.75) is 58.3 Å². The second kappa shape index (κ2) is 8.06. The Bertz CT molecular complexity index is 252. The van der Waals surface area contributed by atoms with Crippen molar-refractivity contribution in [2.75, 3.05) is 20.5 Å². The van der Waals surface area contributed by atoms with Crippen LogP contribution in [0.5, 0.6) is 0 Å². The first-order valence-electron chi connectivity index (χ1n) is 6.94. The summed E-state index contributed by atoms with van der Waals surface area (Å²) in [4.78, 5) is 0. The first kappa shape index (κ1) is 19.5. The molecule has 0 aromatic carbocycles. The zero-order chi connectivity index (χ0) is 15.2. The van der Waals surface area contributed by atoms with Gasteiger partial charge in [0.1, 0.15) is 6.79 Å². The summed E-state index contributed by atoms with van der Waals surface area (Å²) >= 11 is 0. The van der Waals surface area contributed by atoms with Gasteiger partial charge in [0.2, 0.25) is 0 Å². The molecule has 7 heteroatoms. The Labute approximate surface area is 122 Å². The molecule has 0 atom stereocenters. The van der Waals surface area contributed by atoms with Crippen LogP contribution < -0.4 is 0 Å². The molecule has 4 nitrogen and oxygen atoms in total. The molecule has 0 saturated carbocycles. The van der Waals surface area contributed by atoms with Crippen LogP contribution in [0.3, 0.4) is 0 Å². The molecule has 0 bridgehead atoms. The SMILES string of the molecule is COCOCCC[Si](C)(C)O[Si](C)(C)O[Si](C)(C)C. The van der Waals surface area contributed by atoms with Crippen molar-refractivity contribution in [3.8, 4) is 0 Å². The molecule has 0 aliphatic heterocycles. The van der Waals surface area contributed by atoms with Gasteiger partial charge < -0.3 is 17.7 Å². The molecule has 0 aliphatic carbocycles. The van der Waals surface area contributed by atoms with E-state index >= 15 is 0 Å².